The Morgan fingerprint density at radius 1 is 1.00 bits per heavy atom. The Morgan fingerprint density at radius 3 is 2.30 bits per heavy atom. The Labute approximate surface area is 193 Å². The van der Waals surface area contributed by atoms with Gasteiger partial charge < -0.3 is 15.5 Å². The molecule has 1 fully saturated rings. The highest BCUT2D eigenvalue weighted by Gasteiger charge is 2.28. The summed E-state index contributed by atoms with van der Waals surface area (Å²) in [7, 11) is -3.75. The van der Waals surface area contributed by atoms with E-state index >= 15 is 0 Å². The molecule has 0 aromatic heterocycles. The Hall–Kier alpha value is -2.98. The van der Waals surface area contributed by atoms with Gasteiger partial charge >= 0.3 is 6.03 Å². The molecule has 3 amide bonds. The van der Waals surface area contributed by atoms with Gasteiger partial charge in [0.25, 0.3) is 0 Å². The standard InChI is InChI=1S/C23H29FN4O4S/c1-3-22(29)26-20-9-5-18(6-10-20)17(2)25-23(30)27-13-4-14-28(16-15-27)33(31,32)21-11-7-19(24)8-12-21/h5-12,17H,3-4,13-16H2,1-2H3,(H,25,30)(H,26,29). The van der Waals surface area contributed by atoms with E-state index in [0.717, 1.165) is 17.7 Å². The number of halogens is 1. The summed E-state index contributed by atoms with van der Waals surface area (Å²) in [5, 5.41) is 5.73. The molecule has 1 heterocycles. The molecular weight excluding hydrogens is 447 g/mol. The van der Waals surface area contributed by atoms with Gasteiger partial charge in [-0.3, -0.25) is 4.79 Å². The molecule has 0 spiro atoms. The van der Waals surface area contributed by atoms with Crippen molar-refractivity contribution >= 4 is 27.6 Å². The number of nitrogens with one attached hydrogen (secondary N) is 2. The van der Waals surface area contributed by atoms with Crippen LogP contribution in [0, 0.1) is 5.82 Å². The van der Waals surface area contributed by atoms with Crippen molar-refractivity contribution in [2.24, 2.45) is 0 Å². The van der Waals surface area contributed by atoms with Crippen molar-refractivity contribution < 1.29 is 22.4 Å². The van der Waals surface area contributed by atoms with Gasteiger partial charge in [-0.1, -0.05) is 19.1 Å². The van der Waals surface area contributed by atoms with Crippen LogP contribution in [-0.2, 0) is 14.8 Å². The number of carbonyl (C=O) groups is 2. The van der Waals surface area contributed by atoms with E-state index < -0.39 is 15.8 Å². The van der Waals surface area contributed by atoms with E-state index in [9.17, 15) is 22.4 Å². The molecule has 33 heavy (non-hydrogen) atoms. The predicted molar refractivity (Wildman–Crippen MR) is 124 cm³/mol. The summed E-state index contributed by atoms with van der Waals surface area (Å²) in [5.74, 6) is -0.567. The van der Waals surface area contributed by atoms with Gasteiger partial charge in [0.1, 0.15) is 5.82 Å². The number of carbonyl (C=O) groups excluding carboxylic acids is 2. The summed E-state index contributed by atoms with van der Waals surface area (Å²) in [6.07, 6.45) is 0.890. The van der Waals surface area contributed by atoms with Crippen LogP contribution in [0.25, 0.3) is 0 Å². The molecule has 0 saturated carbocycles. The molecule has 0 bridgehead atoms. The number of sulfonamides is 1. The molecule has 1 aliphatic rings. The summed E-state index contributed by atoms with van der Waals surface area (Å²) in [4.78, 5) is 25.9. The maximum atomic E-state index is 13.2. The number of benzene rings is 2. The first-order valence-corrected chi connectivity index (χ1v) is 12.4. The normalized spacial score (nSPS) is 16.0. The molecular formula is C23H29FN4O4S. The second kappa shape index (κ2) is 10.8. The number of urea groups is 1. The molecule has 8 nitrogen and oxygen atoms in total. The lowest BCUT2D eigenvalue weighted by Gasteiger charge is -2.24. The fourth-order valence-electron chi connectivity index (χ4n) is 3.56. The topological polar surface area (TPSA) is 98.8 Å². The van der Waals surface area contributed by atoms with Crippen LogP contribution in [-0.4, -0.2) is 55.7 Å². The monoisotopic (exact) mass is 476 g/mol. The third kappa shape index (κ3) is 6.29. The predicted octanol–water partition coefficient (Wildman–Crippen LogP) is 3.34. The van der Waals surface area contributed by atoms with Gasteiger partial charge in [-0.05, 0) is 55.3 Å². The van der Waals surface area contributed by atoms with E-state index in [2.05, 4.69) is 10.6 Å². The summed E-state index contributed by atoms with van der Waals surface area (Å²) in [6.45, 7) is 4.76. The Morgan fingerprint density at radius 2 is 1.67 bits per heavy atom. The van der Waals surface area contributed by atoms with Crippen molar-refractivity contribution in [2.75, 3.05) is 31.5 Å². The molecule has 0 aliphatic carbocycles. The number of hydrogen-bond acceptors (Lipinski definition) is 4. The minimum absolute atomic E-state index is 0.0361. The fraction of sp³-hybridized carbons (Fsp3) is 0.391. The zero-order chi connectivity index (χ0) is 24.0. The van der Waals surface area contributed by atoms with Crippen molar-refractivity contribution in [3.63, 3.8) is 0 Å². The van der Waals surface area contributed by atoms with Gasteiger partial charge in [-0.2, -0.15) is 4.31 Å². The lowest BCUT2D eigenvalue weighted by Crippen LogP contribution is -2.43. The highest BCUT2D eigenvalue weighted by Crippen LogP contribution is 2.20. The van der Waals surface area contributed by atoms with Gasteiger partial charge in [-0.25, -0.2) is 17.6 Å². The Bertz CT molecular complexity index is 1070. The van der Waals surface area contributed by atoms with Crippen LogP contribution in [0.4, 0.5) is 14.9 Å². The number of hydrogen-bond donors (Lipinski definition) is 2. The van der Waals surface area contributed by atoms with E-state index in [1.54, 1.807) is 24.0 Å². The first kappa shape index (κ1) is 24.7. The molecule has 2 aromatic carbocycles. The molecule has 1 saturated heterocycles. The average molecular weight is 477 g/mol. The van der Waals surface area contributed by atoms with Crippen molar-refractivity contribution in [1.29, 1.82) is 0 Å². The second-order valence-electron chi connectivity index (χ2n) is 7.89. The number of anilines is 1. The first-order valence-electron chi connectivity index (χ1n) is 10.9. The zero-order valence-electron chi connectivity index (χ0n) is 18.8. The third-order valence-corrected chi connectivity index (χ3v) is 7.46. The van der Waals surface area contributed by atoms with E-state index in [1.807, 2.05) is 19.1 Å². The highest BCUT2D eigenvalue weighted by molar-refractivity contribution is 7.89. The lowest BCUT2D eigenvalue weighted by atomic mass is 10.1. The van der Waals surface area contributed by atoms with Crippen molar-refractivity contribution in [2.45, 2.75) is 37.6 Å². The molecule has 3 rings (SSSR count). The summed E-state index contributed by atoms with van der Waals surface area (Å²) >= 11 is 0. The lowest BCUT2D eigenvalue weighted by molar-refractivity contribution is -0.115. The first-order chi connectivity index (χ1) is 15.7. The SMILES string of the molecule is CCC(=O)Nc1ccc(C(C)NC(=O)N2CCCN(S(=O)(=O)c3ccc(F)cc3)CC2)cc1. The van der Waals surface area contributed by atoms with Crippen LogP contribution in [0.3, 0.4) is 0 Å². The van der Waals surface area contributed by atoms with E-state index in [0.29, 0.717) is 25.1 Å². The maximum absolute atomic E-state index is 13.2. The van der Waals surface area contributed by atoms with E-state index in [1.165, 1.54) is 16.4 Å². The van der Waals surface area contributed by atoms with Crippen molar-refractivity contribution in [3.8, 4) is 0 Å². The smallest absolute Gasteiger partial charge is 0.317 e. The van der Waals surface area contributed by atoms with Crippen LogP contribution in [0.2, 0.25) is 0 Å². The molecule has 2 N–H and O–H groups in total. The van der Waals surface area contributed by atoms with Crippen LogP contribution < -0.4 is 10.6 Å². The summed E-state index contributed by atoms with van der Waals surface area (Å²) in [6, 6.07) is 11.5. The van der Waals surface area contributed by atoms with Crippen molar-refractivity contribution in [1.82, 2.24) is 14.5 Å². The van der Waals surface area contributed by atoms with Gasteiger partial charge in [-0.15, -0.1) is 0 Å². The largest absolute Gasteiger partial charge is 0.331 e. The quantitative estimate of drug-likeness (QED) is 0.668. The highest BCUT2D eigenvalue weighted by atomic mass is 32.2. The molecule has 1 unspecified atom stereocenters. The Kier molecular flexibility index (Phi) is 8.04. The molecule has 10 heteroatoms. The number of rotatable bonds is 6. The number of amides is 3. The van der Waals surface area contributed by atoms with E-state index in [4.69, 9.17) is 0 Å². The minimum atomic E-state index is -3.75. The van der Waals surface area contributed by atoms with E-state index in [-0.39, 0.29) is 42.5 Å². The van der Waals surface area contributed by atoms with Crippen LogP contribution in [0.1, 0.15) is 38.3 Å². The molecule has 1 aliphatic heterocycles. The summed E-state index contributed by atoms with van der Waals surface area (Å²) in [5.41, 5.74) is 1.58. The molecule has 178 valence electrons. The van der Waals surface area contributed by atoms with Crippen LogP contribution in [0.5, 0.6) is 0 Å². The molecule has 1 atom stereocenters. The number of nitrogens with zero attached hydrogens (tertiary/aromatic N) is 2. The molecule has 2 aromatic rings. The Balaban J connectivity index is 1.58. The van der Waals surface area contributed by atoms with Gasteiger partial charge in [0.05, 0.1) is 10.9 Å². The average Bonchev–Trinajstić information content (AvgIpc) is 3.07. The second-order valence-corrected chi connectivity index (χ2v) is 9.83. The summed E-state index contributed by atoms with van der Waals surface area (Å²) < 4.78 is 40.2. The third-order valence-electron chi connectivity index (χ3n) is 5.55. The van der Waals surface area contributed by atoms with Crippen LogP contribution in [0.15, 0.2) is 53.4 Å². The molecule has 0 radical (unpaired) electrons. The van der Waals surface area contributed by atoms with Crippen molar-refractivity contribution in [3.05, 3.63) is 59.9 Å². The zero-order valence-corrected chi connectivity index (χ0v) is 19.6. The van der Waals surface area contributed by atoms with Gasteiger partial charge in [0.15, 0.2) is 0 Å². The van der Waals surface area contributed by atoms with Gasteiger partial charge in [0.2, 0.25) is 15.9 Å². The van der Waals surface area contributed by atoms with Gasteiger partial charge in [0, 0.05) is 38.3 Å². The van der Waals surface area contributed by atoms with Crippen LogP contribution >= 0.6 is 0 Å². The fourth-order valence-corrected chi connectivity index (χ4v) is 5.03. The minimum Gasteiger partial charge on any atom is -0.331 e. The maximum Gasteiger partial charge on any atom is 0.317 e.